The first kappa shape index (κ1) is 19.1. The van der Waals surface area contributed by atoms with E-state index in [0.717, 1.165) is 56.5 Å². The Labute approximate surface area is 166 Å². The first-order chi connectivity index (χ1) is 13.7. The van der Waals surface area contributed by atoms with Crippen LogP contribution >= 0.6 is 0 Å². The molecule has 2 aromatic rings. The fourth-order valence-corrected chi connectivity index (χ4v) is 4.25. The van der Waals surface area contributed by atoms with Gasteiger partial charge in [0.2, 0.25) is 5.91 Å². The van der Waals surface area contributed by atoms with E-state index < -0.39 is 0 Å². The van der Waals surface area contributed by atoms with Crippen LogP contribution in [0.4, 0.5) is 4.39 Å². The van der Waals surface area contributed by atoms with Crippen molar-refractivity contribution >= 4 is 5.91 Å². The first-order valence-electron chi connectivity index (χ1n) is 10.4. The summed E-state index contributed by atoms with van der Waals surface area (Å²) in [6, 6.07) is 12.9. The number of aromatic nitrogens is 1. The number of piperidine rings is 1. The number of rotatable bonds is 6. The van der Waals surface area contributed by atoms with Crippen LogP contribution in [0.2, 0.25) is 0 Å². The SMILES string of the molecule is O=C(N[C@H](c1ccccn1)C1CCN(Cc2ccccc2F)CC1)C1CCC1. The van der Waals surface area contributed by atoms with Crippen molar-refractivity contribution in [2.75, 3.05) is 13.1 Å². The maximum Gasteiger partial charge on any atom is 0.223 e. The van der Waals surface area contributed by atoms with E-state index in [2.05, 4.69) is 15.2 Å². The monoisotopic (exact) mass is 381 g/mol. The molecule has 1 saturated heterocycles. The van der Waals surface area contributed by atoms with Gasteiger partial charge in [0.15, 0.2) is 0 Å². The number of carbonyl (C=O) groups is 1. The molecule has 1 aliphatic carbocycles. The van der Waals surface area contributed by atoms with Crippen LogP contribution in [0, 0.1) is 17.7 Å². The van der Waals surface area contributed by atoms with Crippen molar-refractivity contribution < 1.29 is 9.18 Å². The summed E-state index contributed by atoms with van der Waals surface area (Å²) in [6.07, 6.45) is 6.90. The van der Waals surface area contributed by atoms with Crippen LogP contribution in [0.25, 0.3) is 0 Å². The highest BCUT2D eigenvalue weighted by Crippen LogP contribution is 2.33. The molecular weight excluding hydrogens is 353 g/mol. The summed E-state index contributed by atoms with van der Waals surface area (Å²) in [5.74, 6) is 0.572. The third kappa shape index (κ3) is 4.41. The van der Waals surface area contributed by atoms with Gasteiger partial charge in [0, 0.05) is 24.2 Å². The Morgan fingerprint density at radius 2 is 1.86 bits per heavy atom. The Morgan fingerprint density at radius 1 is 1.11 bits per heavy atom. The van der Waals surface area contributed by atoms with Crippen molar-refractivity contribution in [3.8, 4) is 0 Å². The van der Waals surface area contributed by atoms with E-state index in [4.69, 9.17) is 0 Å². The maximum atomic E-state index is 13.9. The van der Waals surface area contributed by atoms with Crippen LogP contribution in [0.1, 0.15) is 49.4 Å². The molecule has 5 heteroatoms. The zero-order valence-electron chi connectivity index (χ0n) is 16.2. The van der Waals surface area contributed by atoms with E-state index in [9.17, 15) is 9.18 Å². The van der Waals surface area contributed by atoms with Crippen LogP contribution in [0.3, 0.4) is 0 Å². The minimum absolute atomic E-state index is 0.0371. The lowest BCUT2D eigenvalue weighted by Gasteiger charge is -2.37. The normalized spacial score (nSPS) is 19.8. The highest BCUT2D eigenvalue weighted by molar-refractivity contribution is 5.79. The number of hydrogen-bond donors (Lipinski definition) is 1. The predicted octanol–water partition coefficient (Wildman–Crippen LogP) is 4.09. The number of pyridine rings is 1. The van der Waals surface area contributed by atoms with Crippen molar-refractivity contribution in [3.63, 3.8) is 0 Å². The Hall–Kier alpha value is -2.27. The topological polar surface area (TPSA) is 45.2 Å². The molecule has 1 aromatic carbocycles. The molecule has 0 radical (unpaired) electrons. The summed E-state index contributed by atoms with van der Waals surface area (Å²) in [6.45, 7) is 2.45. The van der Waals surface area contributed by atoms with Crippen LogP contribution in [-0.2, 0) is 11.3 Å². The van der Waals surface area contributed by atoms with Gasteiger partial charge in [-0.05, 0) is 62.9 Å². The van der Waals surface area contributed by atoms with Gasteiger partial charge in [0.25, 0.3) is 0 Å². The van der Waals surface area contributed by atoms with Gasteiger partial charge in [-0.2, -0.15) is 0 Å². The van der Waals surface area contributed by atoms with Gasteiger partial charge in [-0.15, -0.1) is 0 Å². The molecule has 1 atom stereocenters. The van der Waals surface area contributed by atoms with E-state index in [-0.39, 0.29) is 23.7 Å². The summed E-state index contributed by atoms with van der Waals surface area (Å²) in [4.78, 5) is 19.4. The molecule has 28 heavy (non-hydrogen) atoms. The fourth-order valence-electron chi connectivity index (χ4n) is 4.25. The minimum Gasteiger partial charge on any atom is -0.347 e. The van der Waals surface area contributed by atoms with E-state index in [1.165, 1.54) is 6.07 Å². The van der Waals surface area contributed by atoms with Gasteiger partial charge in [-0.3, -0.25) is 14.7 Å². The number of carbonyl (C=O) groups excluding carboxylic acids is 1. The van der Waals surface area contributed by atoms with Crippen molar-refractivity contribution in [2.24, 2.45) is 11.8 Å². The number of likely N-dealkylation sites (tertiary alicyclic amines) is 1. The molecule has 1 aromatic heterocycles. The molecule has 2 fully saturated rings. The summed E-state index contributed by atoms with van der Waals surface area (Å²) in [5, 5.41) is 3.30. The van der Waals surface area contributed by atoms with Crippen LogP contribution < -0.4 is 5.32 Å². The molecule has 2 heterocycles. The third-order valence-corrected chi connectivity index (χ3v) is 6.24. The second-order valence-electron chi connectivity index (χ2n) is 8.07. The summed E-state index contributed by atoms with van der Waals surface area (Å²) in [7, 11) is 0. The molecule has 1 N–H and O–H groups in total. The lowest BCUT2D eigenvalue weighted by molar-refractivity contribution is -0.128. The van der Waals surface area contributed by atoms with E-state index in [1.807, 2.05) is 30.3 Å². The van der Waals surface area contributed by atoms with E-state index in [0.29, 0.717) is 12.5 Å². The zero-order chi connectivity index (χ0) is 19.3. The number of hydrogen-bond acceptors (Lipinski definition) is 3. The lowest BCUT2D eigenvalue weighted by atomic mass is 9.83. The number of amides is 1. The van der Waals surface area contributed by atoms with E-state index >= 15 is 0 Å². The number of benzene rings is 1. The van der Waals surface area contributed by atoms with Gasteiger partial charge in [0.05, 0.1) is 11.7 Å². The zero-order valence-corrected chi connectivity index (χ0v) is 16.2. The molecule has 0 bridgehead atoms. The molecule has 0 unspecified atom stereocenters. The molecule has 148 valence electrons. The second kappa shape index (κ2) is 8.82. The largest absolute Gasteiger partial charge is 0.347 e. The molecule has 2 aliphatic rings. The average molecular weight is 381 g/mol. The highest BCUT2D eigenvalue weighted by Gasteiger charge is 2.33. The number of halogens is 1. The molecule has 4 rings (SSSR count). The van der Waals surface area contributed by atoms with Crippen molar-refractivity contribution in [3.05, 3.63) is 65.7 Å². The number of nitrogens with one attached hydrogen (secondary N) is 1. The molecule has 1 saturated carbocycles. The Morgan fingerprint density at radius 3 is 2.50 bits per heavy atom. The summed E-state index contributed by atoms with van der Waals surface area (Å²) in [5.41, 5.74) is 1.70. The molecule has 0 spiro atoms. The van der Waals surface area contributed by atoms with Crippen LogP contribution in [0.5, 0.6) is 0 Å². The molecular formula is C23H28FN3O. The molecule has 4 nitrogen and oxygen atoms in total. The predicted molar refractivity (Wildman–Crippen MR) is 107 cm³/mol. The molecule has 1 amide bonds. The Kier molecular flexibility index (Phi) is 6.01. The second-order valence-corrected chi connectivity index (χ2v) is 8.07. The van der Waals surface area contributed by atoms with Gasteiger partial charge in [0.1, 0.15) is 5.82 Å². The van der Waals surface area contributed by atoms with Gasteiger partial charge >= 0.3 is 0 Å². The number of nitrogens with zero attached hydrogens (tertiary/aromatic N) is 2. The van der Waals surface area contributed by atoms with E-state index in [1.54, 1.807) is 12.3 Å². The maximum absolute atomic E-state index is 13.9. The van der Waals surface area contributed by atoms with Crippen molar-refractivity contribution in [2.45, 2.75) is 44.7 Å². The van der Waals surface area contributed by atoms with Gasteiger partial charge in [-0.1, -0.05) is 30.7 Å². The molecule has 1 aliphatic heterocycles. The minimum atomic E-state index is -0.135. The summed E-state index contributed by atoms with van der Waals surface area (Å²) < 4.78 is 13.9. The van der Waals surface area contributed by atoms with Crippen LogP contribution in [0.15, 0.2) is 48.7 Å². The van der Waals surface area contributed by atoms with Gasteiger partial charge in [-0.25, -0.2) is 4.39 Å². The van der Waals surface area contributed by atoms with Crippen molar-refractivity contribution in [1.29, 1.82) is 0 Å². The lowest BCUT2D eigenvalue weighted by Crippen LogP contribution is -2.43. The Balaban J connectivity index is 1.40. The average Bonchev–Trinajstić information content (AvgIpc) is 2.68. The highest BCUT2D eigenvalue weighted by atomic mass is 19.1. The quantitative estimate of drug-likeness (QED) is 0.820. The standard InChI is InChI=1S/C23H28FN3O/c24-20-9-2-1-6-19(20)16-27-14-11-17(12-15-27)22(21-10-3-4-13-25-21)26-23(28)18-7-5-8-18/h1-4,6,9-10,13,17-18,22H,5,7-8,11-12,14-16H2,(H,26,28)/t22-/m0/s1. The first-order valence-corrected chi connectivity index (χ1v) is 10.4. The Bertz CT molecular complexity index is 785. The van der Waals surface area contributed by atoms with Crippen LogP contribution in [-0.4, -0.2) is 28.9 Å². The van der Waals surface area contributed by atoms with Gasteiger partial charge < -0.3 is 5.32 Å². The summed E-state index contributed by atoms with van der Waals surface area (Å²) >= 11 is 0. The third-order valence-electron chi connectivity index (χ3n) is 6.24. The van der Waals surface area contributed by atoms with Crippen molar-refractivity contribution in [1.82, 2.24) is 15.2 Å². The fraction of sp³-hybridized carbons (Fsp3) is 0.478. The smallest absolute Gasteiger partial charge is 0.223 e.